The van der Waals surface area contributed by atoms with Gasteiger partial charge in [0.25, 0.3) is 0 Å². The fourth-order valence-electron chi connectivity index (χ4n) is 4.34. The zero-order valence-corrected chi connectivity index (χ0v) is 18.0. The van der Waals surface area contributed by atoms with Crippen molar-refractivity contribution in [3.63, 3.8) is 0 Å². The van der Waals surface area contributed by atoms with E-state index in [0.29, 0.717) is 12.6 Å². The summed E-state index contributed by atoms with van der Waals surface area (Å²) in [6.07, 6.45) is 2.29. The minimum Gasteiger partial charge on any atom is -0.379 e. The largest absolute Gasteiger partial charge is 0.379 e. The third kappa shape index (κ3) is 5.25. The Hall–Kier alpha value is -1.73. The first kappa shape index (κ1) is 20.5. The molecule has 0 spiro atoms. The Kier molecular flexibility index (Phi) is 6.98. The van der Waals surface area contributed by atoms with E-state index in [1.807, 2.05) is 6.92 Å². The highest BCUT2D eigenvalue weighted by Gasteiger charge is 2.32. The van der Waals surface area contributed by atoms with Crippen molar-refractivity contribution in [1.82, 2.24) is 15.1 Å². The lowest BCUT2D eigenvalue weighted by molar-refractivity contribution is -0.126. The molecule has 0 saturated carbocycles. The third-order valence-corrected chi connectivity index (χ3v) is 6.80. The van der Waals surface area contributed by atoms with Gasteiger partial charge in [-0.15, -0.1) is 0 Å². The molecule has 2 fully saturated rings. The summed E-state index contributed by atoms with van der Waals surface area (Å²) in [6.45, 7) is 8.22. The van der Waals surface area contributed by atoms with Crippen LogP contribution in [-0.2, 0) is 22.6 Å². The summed E-state index contributed by atoms with van der Waals surface area (Å²) in [7, 11) is 0. The second-order valence-electron chi connectivity index (χ2n) is 8.05. The first-order chi connectivity index (χ1) is 14.2. The van der Waals surface area contributed by atoms with Crippen molar-refractivity contribution in [2.75, 3.05) is 32.8 Å². The van der Waals surface area contributed by atoms with Crippen LogP contribution in [0.5, 0.6) is 0 Å². The highest BCUT2D eigenvalue weighted by Crippen LogP contribution is 2.34. The summed E-state index contributed by atoms with van der Waals surface area (Å²) in [6, 6.07) is 11.1. The maximum atomic E-state index is 12.8. The Morgan fingerprint density at radius 1 is 1.17 bits per heavy atom. The fourth-order valence-corrected chi connectivity index (χ4v) is 5.05. The quantitative estimate of drug-likeness (QED) is 0.755. The lowest BCUT2D eigenvalue weighted by Gasteiger charge is -2.29. The van der Waals surface area contributed by atoms with Crippen LogP contribution in [-0.4, -0.2) is 54.6 Å². The standard InChI is InChI=1S/C23H31N3O2S/c1-18(26-9-2-3-22(26)21-8-14-29-17-21)23(27)24-15-19-4-6-20(7-5-19)16-25-10-12-28-13-11-25/h4-8,14,17-18,22H,2-3,9-13,15-16H2,1H3,(H,24,27)/t18-,22-/m0/s1. The van der Waals surface area contributed by atoms with Crippen LogP contribution in [0.15, 0.2) is 41.1 Å². The molecular weight excluding hydrogens is 382 g/mol. The fraction of sp³-hybridized carbons (Fsp3) is 0.522. The summed E-state index contributed by atoms with van der Waals surface area (Å²) >= 11 is 1.73. The van der Waals surface area contributed by atoms with Crippen LogP contribution in [0.1, 0.15) is 42.5 Å². The van der Waals surface area contributed by atoms with Gasteiger partial charge in [-0.25, -0.2) is 0 Å². The van der Waals surface area contributed by atoms with Gasteiger partial charge in [-0.1, -0.05) is 24.3 Å². The number of likely N-dealkylation sites (tertiary alicyclic amines) is 1. The van der Waals surface area contributed by atoms with E-state index in [2.05, 4.69) is 56.2 Å². The van der Waals surface area contributed by atoms with Crippen molar-refractivity contribution < 1.29 is 9.53 Å². The third-order valence-electron chi connectivity index (χ3n) is 6.10. The average molecular weight is 414 g/mol. The van der Waals surface area contributed by atoms with Crippen LogP contribution in [0.4, 0.5) is 0 Å². The molecule has 2 aromatic rings. The van der Waals surface area contributed by atoms with Crippen molar-refractivity contribution in [2.24, 2.45) is 0 Å². The van der Waals surface area contributed by atoms with Crippen LogP contribution < -0.4 is 5.32 Å². The Morgan fingerprint density at radius 2 is 1.93 bits per heavy atom. The average Bonchev–Trinajstić information content (AvgIpc) is 3.45. The Morgan fingerprint density at radius 3 is 2.66 bits per heavy atom. The molecule has 2 aliphatic heterocycles. The smallest absolute Gasteiger partial charge is 0.237 e. The van der Waals surface area contributed by atoms with Crippen LogP contribution in [0.25, 0.3) is 0 Å². The number of thiophene rings is 1. The molecule has 5 nitrogen and oxygen atoms in total. The van der Waals surface area contributed by atoms with E-state index in [9.17, 15) is 4.79 Å². The molecule has 1 aromatic carbocycles. The van der Waals surface area contributed by atoms with Crippen LogP contribution in [0, 0.1) is 0 Å². The number of hydrogen-bond donors (Lipinski definition) is 1. The summed E-state index contributed by atoms with van der Waals surface area (Å²) < 4.78 is 5.41. The highest BCUT2D eigenvalue weighted by atomic mass is 32.1. The molecule has 1 aromatic heterocycles. The highest BCUT2D eigenvalue weighted by molar-refractivity contribution is 7.07. The van der Waals surface area contributed by atoms with Crippen LogP contribution >= 0.6 is 11.3 Å². The van der Waals surface area contributed by atoms with Gasteiger partial charge in [-0.05, 0) is 59.8 Å². The van der Waals surface area contributed by atoms with E-state index < -0.39 is 0 Å². The van der Waals surface area contributed by atoms with Crippen molar-refractivity contribution >= 4 is 17.2 Å². The van der Waals surface area contributed by atoms with Gasteiger partial charge in [0.2, 0.25) is 5.91 Å². The number of amides is 1. The predicted octanol–water partition coefficient (Wildman–Crippen LogP) is 3.42. The van der Waals surface area contributed by atoms with E-state index in [-0.39, 0.29) is 11.9 Å². The van der Waals surface area contributed by atoms with Gasteiger partial charge in [0.1, 0.15) is 0 Å². The number of morpholine rings is 1. The lowest BCUT2D eigenvalue weighted by atomic mass is 10.1. The number of rotatable bonds is 7. The molecule has 1 amide bonds. The molecular formula is C23H31N3O2S. The number of nitrogens with one attached hydrogen (secondary N) is 1. The molecule has 2 aliphatic rings. The molecule has 29 heavy (non-hydrogen) atoms. The molecule has 1 N–H and O–H groups in total. The Bertz CT molecular complexity index is 772. The van der Waals surface area contributed by atoms with Gasteiger partial charge in [0.05, 0.1) is 19.3 Å². The van der Waals surface area contributed by atoms with E-state index in [1.54, 1.807) is 11.3 Å². The number of carbonyl (C=O) groups excluding carboxylic acids is 1. The summed E-state index contributed by atoms with van der Waals surface area (Å²) in [4.78, 5) is 17.5. The summed E-state index contributed by atoms with van der Waals surface area (Å²) in [5.74, 6) is 0.115. The number of carbonyl (C=O) groups is 1. The van der Waals surface area contributed by atoms with E-state index in [1.165, 1.54) is 11.1 Å². The molecule has 0 radical (unpaired) electrons. The van der Waals surface area contributed by atoms with Crippen molar-refractivity contribution in [3.8, 4) is 0 Å². The second-order valence-corrected chi connectivity index (χ2v) is 8.83. The number of benzene rings is 1. The summed E-state index contributed by atoms with van der Waals surface area (Å²) in [5.41, 5.74) is 3.81. The van der Waals surface area contributed by atoms with Gasteiger partial charge >= 0.3 is 0 Å². The van der Waals surface area contributed by atoms with Crippen molar-refractivity contribution in [2.45, 2.75) is 44.9 Å². The zero-order chi connectivity index (χ0) is 20.1. The first-order valence-electron chi connectivity index (χ1n) is 10.6. The van der Waals surface area contributed by atoms with Gasteiger partial charge < -0.3 is 10.1 Å². The monoisotopic (exact) mass is 413 g/mol. The maximum Gasteiger partial charge on any atom is 0.237 e. The molecule has 156 valence electrons. The van der Waals surface area contributed by atoms with E-state index in [0.717, 1.165) is 57.8 Å². The minimum atomic E-state index is -0.108. The molecule has 2 atom stereocenters. The molecule has 0 aliphatic carbocycles. The maximum absolute atomic E-state index is 12.8. The summed E-state index contributed by atoms with van der Waals surface area (Å²) in [5, 5.41) is 7.48. The van der Waals surface area contributed by atoms with Gasteiger partial charge in [-0.3, -0.25) is 14.6 Å². The van der Waals surface area contributed by atoms with Crippen LogP contribution in [0.3, 0.4) is 0 Å². The second kappa shape index (κ2) is 9.85. The van der Waals surface area contributed by atoms with Gasteiger partial charge in [-0.2, -0.15) is 11.3 Å². The number of hydrogen-bond acceptors (Lipinski definition) is 5. The molecule has 4 rings (SSSR count). The molecule has 2 saturated heterocycles. The first-order valence-corrected chi connectivity index (χ1v) is 11.6. The van der Waals surface area contributed by atoms with E-state index >= 15 is 0 Å². The Labute approximate surface area is 177 Å². The van der Waals surface area contributed by atoms with Crippen molar-refractivity contribution in [3.05, 3.63) is 57.8 Å². The normalized spacial score (nSPS) is 21.9. The minimum absolute atomic E-state index is 0.108. The molecule has 3 heterocycles. The topological polar surface area (TPSA) is 44.8 Å². The molecule has 6 heteroatoms. The van der Waals surface area contributed by atoms with Crippen molar-refractivity contribution in [1.29, 1.82) is 0 Å². The Balaban J connectivity index is 1.27. The van der Waals surface area contributed by atoms with Gasteiger partial charge in [0.15, 0.2) is 0 Å². The molecule has 0 bridgehead atoms. The SMILES string of the molecule is C[C@@H](C(=O)NCc1ccc(CN2CCOCC2)cc1)N1CCC[C@H]1c1ccsc1. The number of nitrogens with zero attached hydrogens (tertiary/aromatic N) is 2. The zero-order valence-electron chi connectivity index (χ0n) is 17.2. The van der Waals surface area contributed by atoms with E-state index in [4.69, 9.17) is 4.74 Å². The lowest BCUT2D eigenvalue weighted by Crippen LogP contribution is -2.44. The van der Waals surface area contributed by atoms with Gasteiger partial charge in [0, 0.05) is 32.2 Å². The predicted molar refractivity (Wildman–Crippen MR) is 117 cm³/mol. The number of ether oxygens (including phenoxy) is 1. The van der Waals surface area contributed by atoms with Crippen LogP contribution in [0.2, 0.25) is 0 Å². The molecule has 0 unspecified atom stereocenters.